The molecule has 0 radical (unpaired) electrons. The molecule has 0 amide bonds. The third-order valence-electron chi connectivity index (χ3n) is 2.93. The van der Waals surface area contributed by atoms with Gasteiger partial charge in [-0.2, -0.15) is 0 Å². The van der Waals surface area contributed by atoms with E-state index < -0.39 is 0 Å². The molecule has 0 saturated heterocycles. The first-order chi connectivity index (χ1) is 9.33. The van der Waals surface area contributed by atoms with Crippen molar-refractivity contribution in [2.75, 3.05) is 13.7 Å². The Balaban J connectivity index is 1.96. The number of rotatable bonds is 6. The standard InChI is InChI=1S/C16H18O3/c1-18-15-7-8-16(14(11-15)12-17)19-10-9-13-5-3-2-4-6-13/h2-8,11,17H,9-10,12H2,1H3. The fourth-order valence-corrected chi connectivity index (χ4v) is 1.87. The summed E-state index contributed by atoms with van der Waals surface area (Å²) in [6.07, 6.45) is 0.845. The van der Waals surface area contributed by atoms with Gasteiger partial charge in [-0.25, -0.2) is 0 Å². The number of aliphatic hydroxyl groups is 1. The Bertz CT molecular complexity index is 509. The lowest BCUT2D eigenvalue weighted by Crippen LogP contribution is -2.03. The van der Waals surface area contributed by atoms with Crippen LogP contribution < -0.4 is 9.47 Å². The van der Waals surface area contributed by atoms with Gasteiger partial charge in [0.2, 0.25) is 0 Å². The molecule has 0 aliphatic heterocycles. The van der Waals surface area contributed by atoms with Crippen LogP contribution in [0.4, 0.5) is 0 Å². The van der Waals surface area contributed by atoms with E-state index in [0.717, 1.165) is 17.7 Å². The molecule has 0 heterocycles. The molecule has 0 atom stereocenters. The van der Waals surface area contributed by atoms with Crippen LogP contribution in [-0.4, -0.2) is 18.8 Å². The first kappa shape index (κ1) is 13.4. The zero-order chi connectivity index (χ0) is 13.5. The topological polar surface area (TPSA) is 38.7 Å². The molecule has 0 spiro atoms. The quantitative estimate of drug-likeness (QED) is 0.866. The molecule has 0 aliphatic rings. The van der Waals surface area contributed by atoms with Crippen LogP contribution in [0.3, 0.4) is 0 Å². The Morgan fingerprint density at radius 1 is 1.05 bits per heavy atom. The second-order valence-electron chi connectivity index (χ2n) is 4.22. The van der Waals surface area contributed by atoms with E-state index in [-0.39, 0.29) is 6.61 Å². The molecule has 0 unspecified atom stereocenters. The molecule has 0 aromatic heterocycles. The van der Waals surface area contributed by atoms with Gasteiger partial charge >= 0.3 is 0 Å². The van der Waals surface area contributed by atoms with Crippen LogP contribution in [0.25, 0.3) is 0 Å². The number of hydrogen-bond acceptors (Lipinski definition) is 3. The first-order valence-electron chi connectivity index (χ1n) is 6.28. The van der Waals surface area contributed by atoms with Crippen LogP contribution in [0, 0.1) is 0 Å². The van der Waals surface area contributed by atoms with Crippen LogP contribution in [0.15, 0.2) is 48.5 Å². The maximum Gasteiger partial charge on any atom is 0.125 e. The van der Waals surface area contributed by atoms with Gasteiger partial charge in [-0.3, -0.25) is 0 Å². The summed E-state index contributed by atoms with van der Waals surface area (Å²) < 4.78 is 10.8. The second-order valence-corrected chi connectivity index (χ2v) is 4.22. The van der Waals surface area contributed by atoms with Gasteiger partial charge < -0.3 is 14.6 Å². The molecular weight excluding hydrogens is 240 g/mol. The minimum atomic E-state index is -0.0577. The van der Waals surface area contributed by atoms with Crippen molar-refractivity contribution in [3.8, 4) is 11.5 Å². The Kier molecular flexibility index (Phi) is 4.81. The molecular formula is C16H18O3. The number of hydrogen-bond donors (Lipinski definition) is 1. The first-order valence-corrected chi connectivity index (χ1v) is 6.28. The summed E-state index contributed by atoms with van der Waals surface area (Å²) in [6.45, 7) is 0.529. The average molecular weight is 258 g/mol. The van der Waals surface area contributed by atoms with E-state index in [1.54, 1.807) is 13.2 Å². The molecule has 0 bridgehead atoms. The number of methoxy groups -OCH3 is 1. The van der Waals surface area contributed by atoms with Crippen molar-refractivity contribution in [2.45, 2.75) is 13.0 Å². The fraction of sp³-hybridized carbons (Fsp3) is 0.250. The highest BCUT2D eigenvalue weighted by Crippen LogP contribution is 2.24. The van der Waals surface area contributed by atoms with Crippen molar-refractivity contribution in [3.05, 3.63) is 59.7 Å². The van der Waals surface area contributed by atoms with Crippen molar-refractivity contribution in [1.82, 2.24) is 0 Å². The highest BCUT2D eigenvalue weighted by atomic mass is 16.5. The second kappa shape index (κ2) is 6.81. The van der Waals surface area contributed by atoms with Gasteiger partial charge in [0.15, 0.2) is 0 Å². The third-order valence-corrected chi connectivity index (χ3v) is 2.93. The largest absolute Gasteiger partial charge is 0.497 e. The van der Waals surface area contributed by atoms with Crippen molar-refractivity contribution in [2.24, 2.45) is 0 Å². The molecule has 0 saturated carbocycles. The van der Waals surface area contributed by atoms with Gasteiger partial charge in [0, 0.05) is 12.0 Å². The maximum atomic E-state index is 9.32. The normalized spacial score (nSPS) is 10.2. The van der Waals surface area contributed by atoms with Crippen molar-refractivity contribution in [3.63, 3.8) is 0 Å². The van der Waals surface area contributed by atoms with E-state index in [0.29, 0.717) is 12.4 Å². The Labute approximate surface area is 113 Å². The van der Waals surface area contributed by atoms with Crippen molar-refractivity contribution < 1.29 is 14.6 Å². The molecule has 2 aromatic rings. The van der Waals surface area contributed by atoms with Gasteiger partial charge in [0.25, 0.3) is 0 Å². The number of ether oxygens (including phenoxy) is 2. The summed E-state index contributed by atoms with van der Waals surface area (Å²) in [4.78, 5) is 0. The average Bonchev–Trinajstić information content (AvgIpc) is 2.48. The predicted octanol–water partition coefficient (Wildman–Crippen LogP) is 2.81. The van der Waals surface area contributed by atoms with Gasteiger partial charge in [0.05, 0.1) is 20.3 Å². The molecule has 0 fully saturated rings. The summed E-state index contributed by atoms with van der Waals surface area (Å²) >= 11 is 0. The highest BCUT2D eigenvalue weighted by molar-refractivity contribution is 5.39. The highest BCUT2D eigenvalue weighted by Gasteiger charge is 2.05. The molecule has 3 nitrogen and oxygen atoms in total. The van der Waals surface area contributed by atoms with Crippen LogP contribution in [0.2, 0.25) is 0 Å². The van der Waals surface area contributed by atoms with Crippen LogP contribution >= 0.6 is 0 Å². The fourth-order valence-electron chi connectivity index (χ4n) is 1.87. The number of aliphatic hydroxyl groups excluding tert-OH is 1. The monoisotopic (exact) mass is 258 g/mol. The van der Waals surface area contributed by atoms with E-state index in [1.807, 2.05) is 30.3 Å². The minimum absolute atomic E-state index is 0.0577. The van der Waals surface area contributed by atoms with E-state index in [9.17, 15) is 5.11 Å². The molecule has 100 valence electrons. The van der Waals surface area contributed by atoms with Gasteiger partial charge in [-0.05, 0) is 23.8 Å². The molecule has 0 aliphatic carbocycles. The summed E-state index contributed by atoms with van der Waals surface area (Å²) in [7, 11) is 1.60. The Morgan fingerprint density at radius 2 is 1.84 bits per heavy atom. The van der Waals surface area contributed by atoms with E-state index in [4.69, 9.17) is 9.47 Å². The van der Waals surface area contributed by atoms with E-state index >= 15 is 0 Å². The lowest BCUT2D eigenvalue weighted by atomic mass is 10.1. The maximum absolute atomic E-state index is 9.32. The third kappa shape index (κ3) is 3.73. The van der Waals surface area contributed by atoms with Crippen molar-refractivity contribution >= 4 is 0 Å². The summed E-state index contributed by atoms with van der Waals surface area (Å²) in [5.41, 5.74) is 1.98. The predicted molar refractivity (Wildman–Crippen MR) is 74.6 cm³/mol. The molecule has 19 heavy (non-hydrogen) atoms. The van der Waals surface area contributed by atoms with Crippen molar-refractivity contribution in [1.29, 1.82) is 0 Å². The van der Waals surface area contributed by atoms with Gasteiger partial charge in [-0.1, -0.05) is 30.3 Å². The lowest BCUT2D eigenvalue weighted by molar-refractivity contribution is 0.262. The summed E-state index contributed by atoms with van der Waals surface area (Å²) in [5.74, 6) is 1.43. The van der Waals surface area contributed by atoms with E-state index in [2.05, 4.69) is 12.1 Å². The zero-order valence-electron chi connectivity index (χ0n) is 11.0. The van der Waals surface area contributed by atoms with Gasteiger partial charge in [-0.15, -0.1) is 0 Å². The van der Waals surface area contributed by atoms with Crippen LogP contribution in [-0.2, 0) is 13.0 Å². The number of benzene rings is 2. The smallest absolute Gasteiger partial charge is 0.125 e. The molecule has 1 N–H and O–H groups in total. The van der Waals surface area contributed by atoms with Crippen LogP contribution in [0.1, 0.15) is 11.1 Å². The van der Waals surface area contributed by atoms with E-state index in [1.165, 1.54) is 5.56 Å². The van der Waals surface area contributed by atoms with Crippen LogP contribution in [0.5, 0.6) is 11.5 Å². The zero-order valence-corrected chi connectivity index (χ0v) is 11.0. The summed E-state index contributed by atoms with van der Waals surface area (Å²) in [6, 6.07) is 15.6. The molecule has 2 rings (SSSR count). The SMILES string of the molecule is COc1ccc(OCCc2ccccc2)c(CO)c1. The Hall–Kier alpha value is -2.00. The lowest BCUT2D eigenvalue weighted by Gasteiger charge is -2.11. The minimum Gasteiger partial charge on any atom is -0.497 e. The molecule has 2 aromatic carbocycles. The Morgan fingerprint density at radius 3 is 2.53 bits per heavy atom. The van der Waals surface area contributed by atoms with Gasteiger partial charge in [0.1, 0.15) is 11.5 Å². The molecule has 3 heteroatoms. The summed E-state index contributed by atoms with van der Waals surface area (Å²) in [5, 5.41) is 9.32.